The van der Waals surface area contributed by atoms with Crippen molar-refractivity contribution in [2.45, 2.75) is 27.1 Å². The van der Waals surface area contributed by atoms with Gasteiger partial charge in [0.1, 0.15) is 0 Å². The van der Waals surface area contributed by atoms with E-state index in [0.29, 0.717) is 11.1 Å². The van der Waals surface area contributed by atoms with Crippen LogP contribution in [0.3, 0.4) is 0 Å². The van der Waals surface area contributed by atoms with E-state index in [-0.39, 0.29) is 0 Å². The van der Waals surface area contributed by atoms with Gasteiger partial charge in [-0.2, -0.15) is 0 Å². The molecule has 3 heteroatoms. The highest BCUT2D eigenvalue weighted by Crippen LogP contribution is 2.22. The SMILES string of the molecule is C=Cc1ccccc1C(=O)OC(O)C(C)(C)C. The molecule has 1 aromatic rings. The number of carbonyl (C=O) groups is 1. The van der Waals surface area contributed by atoms with Gasteiger partial charge in [0, 0.05) is 5.41 Å². The Hall–Kier alpha value is -1.61. The van der Waals surface area contributed by atoms with Gasteiger partial charge < -0.3 is 9.84 Å². The van der Waals surface area contributed by atoms with Crippen LogP contribution in [-0.4, -0.2) is 17.4 Å². The van der Waals surface area contributed by atoms with E-state index in [1.165, 1.54) is 0 Å². The van der Waals surface area contributed by atoms with E-state index in [9.17, 15) is 9.90 Å². The summed E-state index contributed by atoms with van der Waals surface area (Å²) in [4.78, 5) is 11.9. The Balaban J connectivity index is 2.87. The summed E-state index contributed by atoms with van der Waals surface area (Å²) < 4.78 is 5.01. The molecule has 0 fully saturated rings. The van der Waals surface area contributed by atoms with Gasteiger partial charge in [-0.3, -0.25) is 0 Å². The fourth-order valence-corrected chi connectivity index (χ4v) is 1.20. The summed E-state index contributed by atoms with van der Waals surface area (Å²) in [5, 5.41) is 9.71. The van der Waals surface area contributed by atoms with Gasteiger partial charge in [0.25, 0.3) is 0 Å². The van der Waals surface area contributed by atoms with Gasteiger partial charge in [-0.05, 0) is 11.6 Å². The minimum absolute atomic E-state index is 0.408. The molecule has 0 bridgehead atoms. The van der Waals surface area contributed by atoms with Gasteiger partial charge in [-0.15, -0.1) is 0 Å². The smallest absolute Gasteiger partial charge is 0.341 e. The lowest BCUT2D eigenvalue weighted by Crippen LogP contribution is -2.31. The molecule has 0 heterocycles. The summed E-state index contributed by atoms with van der Waals surface area (Å²) in [5.74, 6) is -0.539. The van der Waals surface area contributed by atoms with Crippen molar-refractivity contribution in [3.63, 3.8) is 0 Å². The molecule has 17 heavy (non-hydrogen) atoms. The van der Waals surface area contributed by atoms with Crippen molar-refractivity contribution >= 4 is 12.0 Å². The average Bonchev–Trinajstić information content (AvgIpc) is 2.27. The molecule has 0 spiro atoms. The van der Waals surface area contributed by atoms with Gasteiger partial charge in [0.15, 0.2) is 0 Å². The standard InChI is InChI=1S/C14H18O3/c1-5-10-8-6-7-9-11(10)12(15)17-13(16)14(2,3)4/h5-9,13,16H,1H2,2-4H3. The Labute approximate surface area is 102 Å². The van der Waals surface area contributed by atoms with E-state index in [4.69, 9.17) is 4.74 Å². The van der Waals surface area contributed by atoms with Crippen LogP contribution in [-0.2, 0) is 4.74 Å². The molecule has 0 aliphatic heterocycles. The maximum atomic E-state index is 11.9. The molecule has 0 aliphatic rings. The maximum absolute atomic E-state index is 11.9. The van der Waals surface area contributed by atoms with Crippen LogP contribution in [0.2, 0.25) is 0 Å². The van der Waals surface area contributed by atoms with Gasteiger partial charge in [0.05, 0.1) is 5.56 Å². The van der Waals surface area contributed by atoms with E-state index in [0.717, 1.165) is 0 Å². The molecule has 1 aromatic carbocycles. The number of aliphatic hydroxyl groups excluding tert-OH is 1. The third-order valence-electron chi connectivity index (χ3n) is 2.36. The molecule has 92 valence electrons. The molecule has 1 unspecified atom stereocenters. The quantitative estimate of drug-likeness (QED) is 0.646. The first-order valence-electron chi connectivity index (χ1n) is 5.47. The first-order chi connectivity index (χ1) is 7.86. The van der Waals surface area contributed by atoms with E-state index < -0.39 is 17.7 Å². The van der Waals surface area contributed by atoms with Crippen LogP contribution in [0.15, 0.2) is 30.8 Å². The molecule has 0 aliphatic carbocycles. The van der Waals surface area contributed by atoms with Crippen molar-refractivity contribution in [2.24, 2.45) is 5.41 Å². The number of aliphatic hydroxyl groups is 1. The van der Waals surface area contributed by atoms with Crippen molar-refractivity contribution in [3.05, 3.63) is 42.0 Å². The Morgan fingerprint density at radius 3 is 2.53 bits per heavy atom. The number of ether oxygens (including phenoxy) is 1. The second-order valence-corrected chi connectivity index (χ2v) is 4.92. The Morgan fingerprint density at radius 1 is 1.41 bits per heavy atom. The van der Waals surface area contributed by atoms with Crippen LogP contribution in [0.25, 0.3) is 6.08 Å². The molecule has 0 aromatic heterocycles. The van der Waals surface area contributed by atoms with Gasteiger partial charge in [-0.1, -0.05) is 51.6 Å². The minimum Gasteiger partial charge on any atom is -0.432 e. The number of benzene rings is 1. The van der Waals surface area contributed by atoms with Crippen molar-refractivity contribution in [1.29, 1.82) is 0 Å². The summed E-state index contributed by atoms with van der Waals surface area (Å²) >= 11 is 0. The molecule has 0 radical (unpaired) electrons. The van der Waals surface area contributed by atoms with E-state index in [2.05, 4.69) is 6.58 Å². The summed E-state index contributed by atoms with van der Waals surface area (Å²) in [5.41, 5.74) is 0.600. The van der Waals surface area contributed by atoms with Crippen molar-refractivity contribution in [1.82, 2.24) is 0 Å². The third kappa shape index (κ3) is 3.43. The molecular weight excluding hydrogens is 216 g/mol. The van der Waals surface area contributed by atoms with Crippen LogP contribution in [0.1, 0.15) is 36.7 Å². The van der Waals surface area contributed by atoms with Crippen LogP contribution in [0, 0.1) is 5.41 Å². The lowest BCUT2D eigenvalue weighted by Gasteiger charge is -2.25. The van der Waals surface area contributed by atoms with E-state index in [1.807, 2.05) is 6.07 Å². The molecule has 1 atom stereocenters. The summed E-state index contributed by atoms with van der Waals surface area (Å²) in [6.07, 6.45) is 0.452. The number of hydrogen-bond acceptors (Lipinski definition) is 3. The summed E-state index contributed by atoms with van der Waals surface area (Å²) in [7, 11) is 0. The number of carbonyl (C=O) groups excluding carboxylic acids is 1. The van der Waals surface area contributed by atoms with Gasteiger partial charge in [-0.25, -0.2) is 4.79 Å². The topological polar surface area (TPSA) is 46.5 Å². The molecular formula is C14H18O3. The Kier molecular flexibility index (Phi) is 4.07. The average molecular weight is 234 g/mol. The normalized spacial score (nSPS) is 12.9. The zero-order valence-corrected chi connectivity index (χ0v) is 10.4. The third-order valence-corrected chi connectivity index (χ3v) is 2.36. The summed E-state index contributed by atoms with van der Waals surface area (Å²) in [6.45, 7) is 9.02. The first kappa shape index (κ1) is 13.5. The zero-order chi connectivity index (χ0) is 13.1. The van der Waals surface area contributed by atoms with Crippen molar-refractivity contribution < 1.29 is 14.6 Å². The van der Waals surface area contributed by atoms with Crippen LogP contribution in [0.4, 0.5) is 0 Å². The predicted octanol–water partition coefficient (Wildman–Crippen LogP) is 2.85. The number of esters is 1. The molecule has 0 amide bonds. The minimum atomic E-state index is -1.13. The van der Waals surface area contributed by atoms with Crippen molar-refractivity contribution in [2.75, 3.05) is 0 Å². The van der Waals surface area contributed by atoms with Gasteiger partial charge in [0.2, 0.25) is 6.29 Å². The second-order valence-electron chi connectivity index (χ2n) is 4.92. The summed E-state index contributed by atoms with van der Waals surface area (Å²) in [6, 6.07) is 6.98. The zero-order valence-electron chi connectivity index (χ0n) is 10.4. The van der Waals surface area contributed by atoms with Gasteiger partial charge >= 0.3 is 5.97 Å². The lowest BCUT2D eigenvalue weighted by molar-refractivity contribution is -0.123. The fraction of sp³-hybridized carbons (Fsp3) is 0.357. The molecule has 1 N–H and O–H groups in total. The molecule has 1 rings (SSSR count). The molecule has 0 saturated heterocycles. The van der Waals surface area contributed by atoms with E-state index in [1.54, 1.807) is 45.0 Å². The second kappa shape index (κ2) is 5.15. The maximum Gasteiger partial charge on any atom is 0.341 e. The molecule has 0 saturated carbocycles. The van der Waals surface area contributed by atoms with Crippen molar-refractivity contribution in [3.8, 4) is 0 Å². The van der Waals surface area contributed by atoms with Crippen LogP contribution >= 0.6 is 0 Å². The number of rotatable bonds is 3. The predicted molar refractivity (Wildman–Crippen MR) is 67.4 cm³/mol. The fourth-order valence-electron chi connectivity index (χ4n) is 1.20. The Bertz CT molecular complexity index is 416. The first-order valence-corrected chi connectivity index (χ1v) is 5.47. The molecule has 3 nitrogen and oxygen atoms in total. The largest absolute Gasteiger partial charge is 0.432 e. The number of hydrogen-bond donors (Lipinski definition) is 1. The van der Waals surface area contributed by atoms with E-state index >= 15 is 0 Å². The monoisotopic (exact) mass is 234 g/mol. The Morgan fingerprint density at radius 2 is 2.00 bits per heavy atom. The highest BCUT2D eigenvalue weighted by Gasteiger charge is 2.26. The highest BCUT2D eigenvalue weighted by atomic mass is 16.6. The van der Waals surface area contributed by atoms with Crippen LogP contribution in [0.5, 0.6) is 0 Å². The lowest BCUT2D eigenvalue weighted by atomic mass is 9.96. The van der Waals surface area contributed by atoms with Crippen LogP contribution < -0.4 is 0 Å². The highest BCUT2D eigenvalue weighted by molar-refractivity contribution is 5.93.